The van der Waals surface area contributed by atoms with Crippen molar-refractivity contribution in [2.24, 2.45) is 189 Å². The molecule has 6 fully saturated rings. The average Bonchev–Trinajstić information content (AvgIpc) is 1.91. The van der Waals surface area contributed by atoms with Crippen LogP contribution in [-0.2, 0) is 0 Å². The molecule has 0 spiro atoms. The van der Waals surface area contributed by atoms with Crippen molar-refractivity contribution < 1.29 is 0 Å². The van der Waals surface area contributed by atoms with E-state index in [1.165, 1.54) is 64.2 Å². The first-order valence-corrected chi connectivity index (χ1v) is 39.0. The van der Waals surface area contributed by atoms with Crippen LogP contribution in [0.5, 0.6) is 0 Å². The Bertz CT molecular complexity index is 1930. The molecule has 4 bridgehead atoms. The molecule has 508 valence electrons. The molecule has 0 aromatic heterocycles. The van der Waals surface area contributed by atoms with E-state index in [2.05, 4.69) is 271 Å². The molecule has 0 heteroatoms. The van der Waals surface area contributed by atoms with E-state index in [-0.39, 0.29) is 0 Å². The summed E-state index contributed by atoms with van der Waals surface area (Å²) in [5.41, 5.74) is 4.85. The first-order valence-electron chi connectivity index (χ1n) is 39.0. The third-order valence-electron chi connectivity index (χ3n) is 30.7. The molecule has 0 N–H and O–H groups in total. The number of benzene rings is 1. The summed E-state index contributed by atoms with van der Waals surface area (Å²) in [4.78, 5) is 0. The summed E-state index contributed by atoms with van der Waals surface area (Å²) in [7, 11) is 0. The van der Waals surface area contributed by atoms with E-state index in [0.29, 0.717) is 0 Å². The fraction of sp³-hybridized carbons (Fsp3) is 0.885. The average molecular weight is 1210 g/mol. The van der Waals surface area contributed by atoms with Gasteiger partial charge in [-0.05, 0) is 258 Å². The van der Waals surface area contributed by atoms with E-state index in [1.807, 2.05) is 0 Å². The van der Waals surface area contributed by atoms with Crippen molar-refractivity contribution in [3.8, 4) is 0 Å². The van der Waals surface area contributed by atoms with Crippen molar-refractivity contribution in [3.63, 3.8) is 0 Å². The van der Waals surface area contributed by atoms with Gasteiger partial charge in [0.25, 0.3) is 0 Å². The molecular formula is C87H160. The van der Waals surface area contributed by atoms with E-state index >= 15 is 0 Å². The molecule has 26 unspecified atom stereocenters. The molecule has 10 aliphatic rings. The van der Waals surface area contributed by atoms with Gasteiger partial charge in [0.15, 0.2) is 0 Å². The monoisotopic (exact) mass is 1210 g/mol. The predicted octanol–water partition coefficient (Wildman–Crippen LogP) is 27.6. The summed E-state index contributed by atoms with van der Waals surface area (Å²) in [5.74, 6) is 31.5. The summed E-state index contributed by atoms with van der Waals surface area (Å²) in [6.07, 6.45) is 21.4. The predicted molar refractivity (Wildman–Crippen MR) is 394 cm³/mol. The van der Waals surface area contributed by atoms with Gasteiger partial charge in [0.2, 0.25) is 0 Å². The lowest BCUT2D eigenvalue weighted by Crippen LogP contribution is -2.44. The Hall–Kier alpha value is -1.30. The van der Waals surface area contributed by atoms with E-state index in [4.69, 9.17) is 0 Å². The van der Waals surface area contributed by atoms with Gasteiger partial charge in [-0.2, -0.15) is 0 Å². The van der Waals surface area contributed by atoms with Gasteiger partial charge in [0, 0.05) is 0 Å². The maximum atomic E-state index is 2.53. The van der Waals surface area contributed by atoms with Gasteiger partial charge < -0.3 is 0 Å². The SMILES string of the molecule is CC1C(C)C(C)C1C.CC1C(C)C2C=CC1C(C)C2C.CC1C(C)C2CC1C(C)C2C.CC1CC(C)C(C)C1C.CC1CC(C)C(C)CC1C.CCC(C)C(C)CC.CCC(C)C1C=C(C)C(C)C(C)C1.CCC(C)C1CC(C)C(C)c2ccccc21. The standard InChI is InChI=1S/C16H24.C13H24.C12H20.C11H20.C10H20.C9H18.C8H16.C8H18/c1-5-11(2)16-10-12(3)13(4)14-8-6-7-9-15(14)16;1-6-9(2)13-7-10(3)12(5)11(4)8-13;1-7-8(2)12-6-5-11(7)9(3)10(12)4;1-6-7(2)11-5-10(6)8(3)9(11)4;1-7-5-9(3)10(4)6-8(7)2;1-6-5-7(2)9(4)8(6)3;1-5-6(2)8(4)7(5)3;1-5-7(3)8(4)6-2/h6-9,11-13,16H,5,10H2,1-4H3;7,9,11-13H,6,8H2,1-5H3;5-12H,1-4H3;6-11H,5H2,1-4H3;7-10H,5-6H2,1-4H3;6-9H,5H2,1-4H3;5-8H,1-4H3;7-8H,5-6H2,1-4H3. The third-order valence-corrected chi connectivity index (χ3v) is 30.7. The zero-order valence-corrected chi connectivity index (χ0v) is 65.2. The summed E-state index contributed by atoms with van der Waals surface area (Å²) < 4.78 is 0. The van der Waals surface area contributed by atoms with Crippen LogP contribution in [0.4, 0.5) is 0 Å². The normalized spacial score (nSPS) is 44.8. The maximum absolute atomic E-state index is 2.53. The maximum Gasteiger partial charge on any atom is -0.0131 e. The summed E-state index contributed by atoms with van der Waals surface area (Å²) in [6.45, 7) is 78.5. The highest BCUT2D eigenvalue weighted by molar-refractivity contribution is 5.36. The molecule has 87 heavy (non-hydrogen) atoms. The quantitative estimate of drug-likeness (QED) is 0.239. The topological polar surface area (TPSA) is 0 Å². The Morgan fingerprint density at radius 1 is 0.322 bits per heavy atom. The van der Waals surface area contributed by atoms with Crippen LogP contribution in [0.3, 0.4) is 0 Å². The highest BCUT2D eigenvalue weighted by atomic mass is 14.6. The van der Waals surface area contributed by atoms with Gasteiger partial charge in [0.05, 0.1) is 0 Å². The van der Waals surface area contributed by atoms with Crippen LogP contribution >= 0.6 is 0 Å². The molecule has 0 nitrogen and oxygen atoms in total. The smallest absolute Gasteiger partial charge is 0.0131 e. The summed E-state index contributed by atoms with van der Waals surface area (Å²) in [6, 6.07) is 9.09. The van der Waals surface area contributed by atoms with Crippen molar-refractivity contribution in [3.05, 3.63) is 59.2 Å². The van der Waals surface area contributed by atoms with Gasteiger partial charge in [-0.1, -0.05) is 295 Å². The Morgan fingerprint density at radius 3 is 0.954 bits per heavy atom. The lowest BCUT2D eigenvalue weighted by Gasteiger charge is -2.50. The lowest BCUT2D eigenvalue weighted by atomic mass is 9.55. The summed E-state index contributed by atoms with van der Waals surface area (Å²) in [5, 5.41) is 0. The number of rotatable bonds is 7. The van der Waals surface area contributed by atoms with Crippen LogP contribution in [0.25, 0.3) is 0 Å². The highest BCUT2D eigenvalue weighted by Crippen LogP contribution is 2.58. The van der Waals surface area contributed by atoms with Crippen LogP contribution in [0.2, 0.25) is 0 Å². The van der Waals surface area contributed by atoms with Crippen molar-refractivity contribution >= 4 is 0 Å². The molecule has 0 aliphatic heterocycles. The minimum absolute atomic E-state index is 0.733. The molecule has 0 radical (unpaired) electrons. The molecule has 0 heterocycles. The van der Waals surface area contributed by atoms with Crippen molar-refractivity contribution in [2.45, 2.75) is 305 Å². The van der Waals surface area contributed by atoms with Crippen LogP contribution in [0.1, 0.15) is 316 Å². The van der Waals surface area contributed by atoms with Crippen molar-refractivity contribution in [2.75, 3.05) is 0 Å². The van der Waals surface area contributed by atoms with Crippen LogP contribution < -0.4 is 0 Å². The van der Waals surface area contributed by atoms with Crippen LogP contribution in [0, 0.1) is 189 Å². The van der Waals surface area contributed by atoms with Crippen molar-refractivity contribution in [1.82, 2.24) is 0 Å². The first-order chi connectivity index (χ1) is 40.6. The van der Waals surface area contributed by atoms with E-state index in [1.54, 1.807) is 16.7 Å². The molecule has 6 saturated carbocycles. The molecule has 26 atom stereocenters. The van der Waals surface area contributed by atoms with E-state index in [9.17, 15) is 0 Å². The van der Waals surface area contributed by atoms with E-state index in [0.717, 1.165) is 201 Å². The second-order valence-electron chi connectivity index (χ2n) is 35.1. The second kappa shape index (κ2) is 37.0. The fourth-order valence-corrected chi connectivity index (χ4v) is 19.2. The van der Waals surface area contributed by atoms with Crippen LogP contribution in [0.15, 0.2) is 48.1 Å². The van der Waals surface area contributed by atoms with Crippen LogP contribution in [-0.4, -0.2) is 0 Å². The highest BCUT2D eigenvalue weighted by Gasteiger charge is 2.51. The fourth-order valence-electron chi connectivity index (χ4n) is 19.2. The number of fused-ring (bicyclic) bond motifs is 5. The van der Waals surface area contributed by atoms with Gasteiger partial charge in [-0.15, -0.1) is 0 Å². The first kappa shape index (κ1) is 79.9. The minimum atomic E-state index is 0.733. The molecule has 1 aromatic rings. The minimum Gasteiger partial charge on any atom is -0.0846 e. The lowest BCUT2D eigenvalue weighted by molar-refractivity contribution is 0.0302. The Kier molecular flexibility index (Phi) is 34.0. The molecule has 10 aliphatic carbocycles. The summed E-state index contributed by atoms with van der Waals surface area (Å²) >= 11 is 0. The zero-order valence-electron chi connectivity index (χ0n) is 65.2. The molecule has 1 aromatic carbocycles. The Morgan fingerprint density at radius 2 is 0.655 bits per heavy atom. The third kappa shape index (κ3) is 20.8. The van der Waals surface area contributed by atoms with Gasteiger partial charge in [-0.25, -0.2) is 0 Å². The molecule has 11 rings (SSSR count). The molecular weight excluding hydrogens is 1040 g/mol. The number of hydrogen-bond donors (Lipinski definition) is 0. The Labute approximate surface area is 550 Å². The number of allylic oxidation sites excluding steroid dienone is 4. The largest absolute Gasteiger partial charge is 0.0846 e. The van der Waals surface area contributed by atoms with Gasteiger partial charge in [-0.3, -0.25) is 0 Å². The molecule has 0 amide bonds. The van der Waals surface area contributed by atoms with Gasteiger partial charge in [0.1, 0.15) is 0 Å². The second-order valence-corrected chi connectivity index (χ2v) is 35.1. The molecule has 0 saturated heterocycles. The Balaban J connectivity index is 0.000000263. The zero-order chi connectivity index (χ0) is 66.4. The van der Waals surface area contributed by atoms with E-state index < -0.39 is 0 Å². The van der Waals surface area contributed by atoms with Gasteiger partial charge >= 0.3 is 0 Å². The van der Waals surface area contributed by atoms with Crippen molar-refractivity contribution in [1.29, 1.82) is 0 Å². The number of hydrogen-bond acceptors (Lipinski definition) is 0.